The molecule has 0 radical (unpaired) electrons. The standard InChI is InChI=1S/C25H24N2O4/c1-3-31-23-16-19(10-13-22(23)30-2)24(28)26-20-11-8-18(9-12-20)25(29)27-15-14-17-6-4-5-7-21(17)27/h4-13,16H,3,14-15H2,1-2H3,(H,26,28). The normalized spacial score (nSPS) is 12.3. The Kier molecular flexibility index (Phi) is 5.89. The van der Waals surface area contributed by atoms with Gasteiger partial charge in [-0.2, -0.15) is 0 Å². The van der Waals surface area contributed by atoms with Gasteiger partial charge in [0.05, 0.1) is 13.7 Å². The zero-order chi connectivity index (χ0) is 21.8. The summed E-state index contributed by atoms with van der Waals surface area (Å²) in [5.74, 6) is 0.782. The maximum atomic E-state index is 12.9. The number of para-hydroxylation sites is 1. The molecule has 0 saturated carbocycles. The Morgan fingerprint density at radius 2 is 1.71 bits per heavy atom. The predicted octanol–water partition coefficient (Wildman–Crippen LogP) is 4.55. The van der Waals surface area contributed by atoms with Gasteiger partial charge in [0.25, 0.3) is 11.8 Å². The Labute approximate surface area is 181 Å². The van der Waals surface area contributed by atoms with Gasteiger partial charge in [-0.1, -0.05) is 18.2 Å². The van der Waals surface area contributed by atoms with E-state index in [1.807, 2.05) is 25.1 Å². The van der Waals surface area contributed by atoms with Crippen molar-refractivity contribution in [1.82, 2.24) is 0 Å². The smallest absolute Gasteiger partial charge is 0.258 e. The lowest BCUT2D eigenvalue weighted by molar-refractivity contribution is 0.0988. The van der Waals surface area contributed by atoms with Crippen LogP contribution in [0.1, 0.15) is 33.2 Å². The third-order valence-electron chi connectivity index (χ3n) is 5.25. The largest absolute Gasteiger partial charge is 0.493 e. The first-order valence-electron chi connectivity index (χ1n) is 10.2. The van der Waals surface area contributed by atoms with Crippen molar-refractivity contribution in [3.05, 3.63) is 83.4 Å². The fourth-order valence-corrected chi connectivity index (χ4v) is 3.69. The average Bonchev–Trinajstić information content (AvgIpc) is 3.23. The molecule has 0 bridgehead atoms. The molecule has 0 unspecified atom stereocenters. The number of benzene rings is 3. The second-order valence-corrected chi connectivity index (χ2v) is 7.17. The lowest BCUT2D eigenvalue weighted by Gasteiger charge is -2.17. The van der Waals surface area contributed by atoms with Crippen LogP contribution in [0.15, 0.2) is 66.7 Å². The van der Waals surface area contributed by atoms with Gasteiger partial charge in [0, 0.05) is 29.0 Å². The van der Waals surface area contributed by atoms with Crippen LogP contribution in [0.25, 0.3) is 0 Å². The Hall–Kier alpha value is -3.80. The summed E-state index contributed by atoms with van der Waals surface area (Å²) in [5.41, 5.74) is 3.80. The number of nitrogens with zero attached hydrogens (tertiary/aromatic N) is 1. The SMILES string of the molecule is CCOc1cc(C(=O)Nc2ccc(C(=O)N3CCc4ccccc43)cc2)ccc1OC. The van der Waals surface area contributed by atoms with Crippen molar-refractivity contribution in [2.45, 2.75) is 13.3 Å². The molecular formula is C25H24N2O4. The van der Waals surface area contributed by atoms with Crippen molar-refractivity contribution in [1.29, 1.82) is 0 Å². The number of fused-ring (bicyclic) bond motifs is 1. The van der Waals surface area contributed by atoms with Crippen LogP contribution in [0.4, 0.5) is 11.4 Å². The fourth-order valence-electron chi connectivity index (χ4n) is 3.69. The Balaban J connectivity index is 1.46. The molecule has 0 fully saturated rings. The monoisotopic (exact) mass is 416 g/mol. The van der Waals surface area contributed by atoms with E-state index in [0.717, 1.165) is 12.1 Å². The number of nitrogens with one attached hydrogen (secondary N) is 1. The van der Waals surface area contributed by atoms with E-state index in [4.69, 9.17) is 9.47 Å². The molecule has 2 amide bonds. The van der Waals surface area contributed by atoms with Crippen molar-refractivity contribution in [2.75, 3.05) is 30.5 Å². The van der Waals surface area contributed by atoms with Gasteiger partial charge >= 0.3 is 0 Å². The Bertz CT molecular complexity index is 1110. The summed E-state index contributed by atoms with van der Waals surface area (Å²) in [6.45, 7) is 3.02. The predicted molar refractivity (Wildman–Crippen MR) is 120 cm³/mol. The van der Waals surface area contributed by atoms with Gasteiger partial charge in [-0.25, -0.2) is 0 Å². The van der Waals surface area contributed by atoms with Crippen molar-refractivity contribution < 1.29 is 19.1 Å². The molecule has 0 spiro atoms. The highest BCUT2D eigenvalue weighted by Gasteiger charge is 2.25. The molecule has 6 nitrogen and oxygen atoms in total. The minimum Gasteiger partial charge on any atom is -0.493 e. The van der Waals surface area contributed by atoms with Gasteiger partial charge in [0.2, 0.25) is 0 Å². The van der Waals surface area contributed by atoms with Crippen LogP contribution < -0.4 is 19.7 Å². The van der Waals surface area contributed by atoms with E-state index in [1.165, 1.54) is 5.56 Å². The highest BCUT2D eigenvalue weighted by atomic mass is 16.5. The van der Waals surface area contributed by atoms with Crippen LogP contribution in [-0.2, 0) is 6.42 Å². The lowest BCUT2D eigenvalue weighted by Crippen LogP contribution is -2.28. The minimum atomic E-state index is -0.267. The van der Waals surface area contributed by atoms with Gasteiger partial charge in [0.15, 0.2) is 11.5 Å². The minimum absolute atomic E-state index is 0.0423. The van der Waals surface area contributed by atoms with E-state index < -0.39 is 0 Å². The number of ether oxygens (including phenoxy) is 2. The molecule has 3 aromatic carbocycles. The molecule has 158 valence electrons. The number of hydrogen-bond acceptors (Lipinski definition) is 4. The van der Waals surface area contributed by atoms with E-state index >= 15 is 0 Å². The molecular weight excluding hydrogens is 392 g/mol. The molecule has 3 aromatic rings. The zero-order valence-electron chi connectivity index (χ0n) is 17.6. The van der Waals surface area contributed by atoms with Gasteiger partial charge < -0.3 is 19.7 Å². The third kappa shape index (κ3) is 4.23. The van der Waals surface area contributed by atoms with Crippen LogP contribution in [0.2, 0.25) is 0 Å². The molecule has 1 aliphatic rings. The van der Waals surface area contributed by atoms with Crippen molar-refractivity contribution in [3.63, 3.8) is 0 Å². The Morgan fingerprint density at radius 3 is 2.45 bits per heavy atom. The summed E-state index contributed by atoms with van der Waals surface area (Å²) in [6, 6.07) is 19.9. The van der Waals surface area contributed by atoms with Gasteiger partial charge in [-0.05, 0) is 67.4 Å². The summed E-state index contributed by atoms with van der Waals surface area (Å²) in [7, 11) is 1.56. The zero-order valence-corrected chi connectivity index (χ0v) is 17.6. The Morgan fingerprint density at radius 1 is 0.968 bits per heavy atom. The first kappa shape index (κ1) is 20.5. The van der Waals surface area contributed by atoms with Crippen molar-refractivity contribution in [3.8, 4) is 11.5 Å². The number of carbonyl (C=O) groups excluding carboxylic acids is 2. The first-order valence-corrected chi connectivity index (χ1v) is 10.2. The summed E-state index contributed by atoms with van der Waals surface area (Å²) < 4.78 is 10.8. The molecule has 0 aromatic heterocycles. The molecule has 4 rings (SSSR count). The maximum absolute atomic E-state index is 12.9. The number of amides is 2. The first-order chi connectivity index (χ1) is 15.1. The van der Waals surface area contributed by atoms with E-state index in [0.29, 0.717) is 41.5 Å². The average molecular weight is 416 g/mol. The van der Waals surface area contributed by atoms with E-state index in [1.54, 1.807) is 54.5 Å². The molecule has 0 saturated heterocycles. The van der Waals surface area contributed by atoms with Crippen LogP contribution in [0.5, 0.6) is 11.5 Å². The van der Waals surface area contributed by atoms with Crippen molar-refractivity contribution in [2.24, 2.45) is 0 Å². The quantitative estimate of drug-likeness (QED) is 0.640. The maximum Gasteiger partial charge on any atom is 0.258 e. The summed E-state index contributed by atoms with van der Waals surface area (Å²) in [5, 5.41) is 2.86. The molecule has 1 aliphatic heterocycles. The highest BCUT2D eigenvalue weighted by molar-refractivity contribution is 6.08. The van der Waals surface area contributed by atoms with Crippen LogP contribution in [0.3, 0.4) is 0 Å². The highest BCUT2D eigenvalue weighted by Crippen LogP contribution is 2.30. The van der Waals surface area contributed by atoms with Gasteiger partial charge in [0.1, 0.15) is 0 Å². The third-order valence-corrected chi connectivity index (χ3v) is 5.25. The van der Waals surface area contributed by atoms with E-state index in [-0.39, 0.29) is 11.8 Å². The molecule has 31 heavy (non-hydrogen) atoms. The second-order valence-electron chi connectivity index (χ2n) is 7.17. The number of carbonyl (C=O) groups is 2. The molecule has 0 atom stereocenters. The van der Waals surface area contributed by atoms with Crippen LogP contribution in [-0.4, -0.2) is 32.1 Å². The topological polar surface area (TPSA) is 67.9 Å². The molecule has 1 heterocycles. The molecule has 1 N–H and O–H groups in total. The second kappa shape index (κ2) is 8.92. The number of rotatable bonds is 6. The molecule has 0 aliphatic carbocycles. The van der Waals surface area contributed by atoms with E-state index in [2.05, 4.69) is 11.4 Å². The summed E-state index contributed by atoms with van der Waals surface area (Å²) in [6.07, 6.45) is 0.863. The van der Waals surface area contributed by atoms with E-state index in [9.17, 15) is 9.59 Å². The number of anilines is 2. The number of hydrogen-bond donors (Lipinski definition) is 1. The van der Waals surface area contributed by atoms with Crippen LogP contribution >= 0.6 is 0 Å². The van der Waals surface area contributed by atoms with Crippen molar-refractivity contribution >= 4 is 23.2 Å². The van der Waals surface area contributed by atoms with Gasteiger partial charge in [-0.3, -0.25) is 9.59 Å². The fraction of sp³-hybridized carbons (Fsp3) is 0.200. The molecule has 6 heteroatoms. The van der Waals surface area contributed by atoms with Gasteiger partial charge in [-0.15, -0.1) is 0 Å². The summed E-state index contributed by atoms with van der Waals surface area (Å²) in [4.78, 5) is 27.4. The number of methoxy groups -OCH3 is 1. The lowest BCUT2D eigenvalue weighted by atomic mass is 10.1. The van der Waals surface area contributed by atoms with Crippen LogP contribution in [0, 0.1) is 0 Å². The summed E-state index contributed by atoms with van der Waals surface area (Å²) >= 11 is 0.